The highest BCUT2D eigenvalue weighted by Gasteiger charge is 2.74. The van der Waals surface area contributed by atoms with Crippen LogP contribution in [-0.2, 0) is 28.7 Å². The average Bonchev–Trinajstić information content (AvgIpc) is 3.23. The zero-order chi connectivity index (χ0) is 31.7. The number of halogens is 2. The van der Waals surface area contributed by atoms with Gasteiger partial charge in [0.25, 0.3) is 5.91 Å². The second kappa shape index (κ2) is 13.2. The Morgan fingerprint density at radius 1 is 1.00 bits per heavy atom. The van der Waals surface area contributed by atoms with Crippen molar-refractivity contribution in [2.45, 2.75) is 107 Å². The molecule has 5 N–H and O–H groups in total. The van der Waals surface area contributed by atoms with Gasteiger partial charge in [-0.1, -0.05) is 38.5 Å². The summed E-state index contributed by atoms with van der Waals surface area (Å²) in [5, 5.41) is 8.30. The number of primary amides is 1. The summed E-state index contributed by atoms with van der Waals surface area (Å²) in [5.74, 6) is -4.49. The van der Waals surface area contributed by atoms with Crippen molar-refractivity contribution in [1.82, 2.24) is 20.9 Å². The van der Waals surface area contributed by atoms with Crippen molar-refractivity contribution in [3.63, 3.8) is 0 Å². The number of nitrogens with one attached hydrogen (secondary N) is 3. The van der Waals surface area contributed by atoms with E-state index in [1.807, 2.05) is 0 Å². The minimum absolute atomic E-state index is 0.0604. The second-order valence-corrected chi connectivity index (χ2v) is 14.6. The highest BCUT2D eigenvalue weighted by Crippen LogP contribution is 2.65. The van der Waals surface area contributed by atoms with Crippen LogP contribution in [0.1, 0.15) is 78.6 Å². The van der Waals surface area contributed by atoms with Gasteiger partial charge in [0.2, 0.25) is 17.6 Å². The summed E-state index contributed by atoms with van der Waals surface area (Å²) in [6, 6.07) is -3.74. The van der Waals surface area contributed by atoms with Crippen LogP contribution in [0.3, 0.4) is 0 Å². The number of rotatable bonds is 12. The van der Waals surface area contributed by atoms with Crippen molar-refractivity contribution in [3.8, 4) is 0 Å². The summed E-state index contributed by atoms with van der Waals surface area (Å²) in [6.07, 6.45) is 7.32. The Kier molecular flexibility index (Phi) is 10.2. The Hall–Kier alpha value is -2.60. The molecule has 0 radical (unpaired) electrons. The first kappa shape index (κ1) is 33.3. The molecule has 0 bridgehead atoms. The standard InChI is InChI=1S/C29H43Cl2N5O7/c1-15(37)43-14-28(2,3)35-27(42)34-21(17-10-5-4-6-11-17)26(41)36-13-18-20(29(18,30)31)22(36)25(40)33-19(23(38)24(32)39)12-16-8-7-9-16/h16-22H,4-14H2,1-3H3,(H2,32,39)(H,33,40)(H2,34,35,42)/t18-,19?,20-,21-,22-/m0/s1. The zero-order valence-corrected chi connectivity index (χ0v) is 26.5. The van der Waals surface area contributed by atoms with E-state index in [-0.39, 0.29) is 37.3 Å². The van der Waals surface area contributed by atoms with E-state index in [0.29, 0.717) is 0 Å². The number of hydrogen-bond acceptors (Lipinski definition) is 7. The highest BCUT2D eigenvalue weighted by atomic mass is 35.5. The number of fused-ring (bicyclic) bond motifs is 1. The van der Waals surface area contributed by atoms with Gasteiger partial charge in [-0.15, -0.1) is 23.2 Å². The third-order valence-electron chi connectivity index (χ3n) is 9.32. The van der Waals surface area contributed by atoms with Crippen LogP contribution in [0.4, 0.5) is 4.79 Å². The lowest BCUT2D eigenvalue weighted by molar-refractivity contribution is -0.144. The smallest absolute Gasteiger partial charge is 0.315 e. The molecule has 1 saturated heterocycles. The minimum atomic E-state index is -1.22. The van der Waals surface area contributed by atoms with Crippen molar-refractivity contribution in [3.05, 3.63) is 0 Å². The number of esters is 1. The molecule has 0 spiro atoms. The molecule has 14 heteroatoms. The van der Waals surface area contributed by atoms with Crippen LogP contribution in [-0.4, -0.2) is 81.6 Å². The number of amides is 5. The van der Waals surface area contributed by atoms with Gasteiger partial charge in [-0.3, -0.25) is 24.0 Å². The molecule has 4 aliphatic rings. The fourth-order valence-corrected chi connectivity index (χ4v) is 7.51. The third kappa shape index (κ3) is 7.74. The Balaban J connectivity index is 1.53. The van der Waals surface area contributed by atoms with E-state index < -0.39 is 69.4 Å². The van der Waals surface area contributed by atoms with Crippen LogP contribution in [0.15, 0.2) is 0 Å². The van der Waals surface area contributed by atoms with Gasteiger partial charge in [0.15, 0.2) is 0 Å². The van der Waals surface area contributed by atoms with Crippen molar-refractivity contribution >= 4 is 58.7 Å². The average molecular weight is 645 g/mol. The number of alkyl halides is 2. The monoisotopic (exact) mass is 643 g/mol. The summed E-state index contributed by atoms with van der Waals surface area (Å²) in [6.45, 7) is 4.70. The predicted molar refractivity (Wildman–Crippen MR) is 158 cm³/mol. The Morgan fingerprint density at radius 2 is 1.65 bits per heavy atom. The van der Waals surface area contributed by atoms with Crippen molar-refractivity contribution in [1.29, 1.82) is 0 Å². The molecule has 1 aliphatic heterocycles. The first-order valence-corrected chi connectivity index (χ1v) is 15.9. The number of hydrogen-bond donors (Lipinski definition) is 4. The molecule has 4 fully saturated rings. The van der Waals surface area contributed by atoms with Crippen LogP contribution in [0, 0.1) is 23.7 Å². The molecule has 4 rings (SSSR count). The molecule has 12 nitrogen and oxygen atoms in total. The summed E-state index contributed by atoms with van der Waals surface area (Å²) in [5.41, 5.74) is 4.37. The number of urea groups is 1. The van der Waals surface area contributed by atoms with Gasteiger partial charge in [0.1, 0.15) is 23.0 Å². The van der Waals surface area contributed by atoms with Crippen LogP contribution >= 0.6 is 23.2 Å². The molecule has 1 heterocycles. The number of nitrogens with zero attached hydrogens (tertiary/aromatic N) is 1. The van der Waals surface area contributed by atoms with Gasteiger partial charge in [-0.05, 0) is 44.9 Å². The van der Waals surface area contributed by atoms with Crippen LogP contribution in [0.25, 0.3) is 0 Å². The largest absolute Gasteiger partial charge is 0.463 e. The SMILES string of the molecule is CC(=O)OCC(C)(C)NC(=O)N[C@H](C(=O)N1C[C@H]2[C@@H]([C@H]1C(=O)NC(CC1CCC1)C(=O)C(N)=O)C2(Cl)Cl)C1CCCCC1. The molecule has 1 unspecified atom stereocenters. The number of likely N-dealkylation sites (tertiary alicyclic amines) is 1. The van der Waals surface area contributed by atoms with Crippen molar-refractivity contribution < 1.29 is 33.5 Å². The topological polar surface area (TPSA) is 177 Å². The first-order chi connectivity index (χ1) is 20.1. The fourth-order valence-electron chi connectivity index (χ4n) is 6.69. The summed E-state index contributed by atoms with van der Waals surface area (Å²) >= 11 is 13.0. The van der Waals surface area contributed by atoms with E-state index >= 15 is 0 Å². The van der Waals surface area contributed by atoms with Gasteiger partial charge >= 0.3 is 12.0 Å². The molecule has 5 atom stereocenters. The number of ketones is 1. The lowest BCUT2D eigenvalue weighted by atomic mass is 9.80. The molecular weight excluding hydrogens is 601 g/mol. The molecule has 5 amide bonds. The van der Waals surface area contributed by atoms with Crippen LogP contribution in [0.2, 0.25) is 0 Å². The van der Waals surface area contributed by atoms with Gasteiger partial charge in [-0.25, -0.2) is 4.79 Å². The maximum absolute atomic E-state index is 14.2. The molecule has 3 saturated carbocycles. The predicted octanol–water partition coefficient (Wildman–Crippen LogP) is 1.94. The summed E-state index contributed by atoms with van der Waals surface area (Å²) in [7, 11) is 0. The Labute approximate surface area is 261 Å². The summed E-state index contributed by atoms with van der Waals surface area (Å²) in [4.78, 5) is 78.2. The fraction of sp³-hybridized carbons (Fsp3) is 0.793. The molecular formula is C29H43Cl2N5O7. The zero-order valence-electron chi connectivity index (χ0n) is 25.0. The molecule has 0 aromatic carbocycles. The number of nitrogens with two attached hydrogens (primary N) is 1. The van der Waals surface area contributed by atoms with Gasteiger partial charge < -0.3 is 31.3 Å². The maximum Gasteiger partial charge on any atom is 0.315 e. The molecule has 240 valence electrons. The highest BCUT2D eigenvalue weighted by molar-refractivity contribution is 6.51. The van der Waals surface area contributed by atoms with E-state index in [1.165, 1.54) is 11.8 Å². The number of carbonyl (C=O) groups is 6. The van der Waals surface area contributed by atoms with E-state index in [9.17, 15) is 28.8 Å². The molecule has 0 aromatic rings. The molecule has 0 aromatic heterocycles. The Bertz CT molecular complexity index is 1140. The van der Waals surface area contributed by atoms with Crippen LogP contribution < -0.4 is 21.7 Å². The number of carbonyl (C=O) groups excluding carboxylic acids is 6. The van der Waals surface area contributed by atoms with Crippen LogP contribution in [0.5, 0.6) is 0 Å². The lowest BCUT2D eigenvalue weighted by Crippen LogP contribution is -2.61. The minimum Gasteiger partial charge on any atom is -0.463 e. The summed E-state index contributed by atoms with van der Waals surface area (Å²) < 4.78 is 3.83. The first-order valence-electron chi connectivity index (χ1n) is 15.2. The lowest BCUT2D eigenvalue weighted by Gasteiger charge is -2.37. The second-order valence-electron chi connectivity index (χ2n) is 13.2. The number of Topliss-reactive ketones (excluding diaryl/α,β-unsaturated/α-hetero) is 1. The molecule has 3 aliphatic carbocycles. The normalized spacial score (nSPS) is 26.3. The number of ether oxygens (including phenoxy) is 1. The quantitative estimate of drug-likeness (QED) is 0.143. The number of piperidine rings is 1. The van der Waals surface area contributed by atoms with E-state index in [1.54, 1.807) is 13.8 Å². The van der Waals surface area contributed by atoms with Gasteiger partial charge in [-0.2, -0.15) is 0 Å². The van der Waals surface area contributed by atoms with Gasteiger partial charge in [0.05, 0.1) is 11.6 Å². The van der Waals surface area contributed by atoms with Gasteiger partial charge in [0, 0.05) is 25.3 Å². The van der Waals surface area contributed by atoms with E-state index in [0.717, 1.165) is 51.4 Å². The van der Waals surface area contributed by atoms with Crippen molar-refractivity contribution in [2.24, 2.45) is 29.4 Å². The maximum atomic E-state index is 14.2. The Morgan fingerprint density at radius 3 is 2.21 bits per heavy atom. The van der Waals surface area contributed by atoms with E-state index in [4.69, 9.17) is 33.7 Å². The van der Waals surface area contributed by atoms with E-state index in [2.05, 4.69) is 16.0 Å². The van der Waals surface area contributed by atoms with Crippen molar-refractivity contribution in [2.75, 3.05) is 13.2 Å². The molecule has 43 heavy (non-hydrogen) atoms. The third-order valence-corrected chi connectivity index (χ3v) is 10.4.